The fraction of sp³-hybridized carbons (Fsp3) is 0.526. The maximum Gasteiger partial charge on any atom is 0.247 e. The molecule has 1 aliphatic rings. The topological polar surface area (TPSA) is 116 Å². The number of hydrogen-bond acceptors (Lipinski definition) is 6. The Morgan fingerprint density at radius 2 is 1.83 bits per heavy atom. The molecule has 3 amide bonds. The molecule has 1 aromatic carbocycles. The largest absolute Gasteiger partial charge is 0.354 e. The van der Waals surface area contributed by atoms with E-state index in [1.54, 1.807) is 11.8 Å². The standard InChI is InChI=1S/C19H28N4O5S2/c1-19(13-23(30(4,27)28)12-17(25)22(19)2)18(26)21-11-16(24)20-10-9-14-5-7-15(29-3)8-6-14/h5-8H,9-13H2,1-4H3,(H,20,24)(H,21,26). The van der Waals surface area contributed by atoms with Gasteiger partial charge >= 0.3 is 0 Å². The summed E-state index contributed by atoms with van der Waals surface area (Å²) in [5, 5.41) is 5.25. The number of hydrogen-bond donors (Lipinski definition) is 2. The summed E-state index contributed by atoms with van der Waals surface area (Å²) in [6.07, 6.45) is 3.66. The minimum absolute atomic E-state index is 0.173. The number of rotatable bonds is 8. The van der Waals surface area contributed by atoms with E-state index >= 15 is 0 Å². The molecular formula is C19H28N4O5S2. The first kappa shape index (κ1) is 24.2. The van der Waals surface area contributed by atoms with Gasteiger partial charge in [0.1, 0.15) is 5.54 Å². The van der Waals surface area contributed by atoms with Crippen LogP contribution in [-0.2, 0) is 30.8 Å². The summed E-state index contributed by atoms with van der Waals surface area (Å²) in [7, 11) is -2.19. The van der Waals surface area contributed by atoms with E-state index in [-0.39, 0.29) is 25.5 Å². The normalized spacial score (nSPS) is 20.1. The van der Waals surface area contributed by atoms with Gasteiger partial charge in [-0.1, -0.05) is 12.1 Å². The number of carbonyl (C=O) groups excluding carboxylic acids is 3. The highest BCUT2D eigenvalue weighted by Gasteiger charge is 2.47. The molecule has 0 spiro atoms. The average molecular weight is 457 g/mol. The zero-order chi connectivity index (χ0) is 22.5. The van der Waals surface area contributed by atoms with Gasteiger partial charge in [0.05, 0.1) is 19.3 Å². The van der Waals surface area contributed by atoms with Gasteiger partial charge in [-0.25, -0.2) is 8.42 Å². The Balaban J connectivity index is 1.86. The molecule has 0 aliphatic carbocycles. The maximum absolute atomic E-state index is 12.7. The SMILES string of the molecule is CSc1ccc(CCNC(=O)CNC(=O)C2(C)CN(S(C)(=O)=O)CC(=O)N2C)cc1. The highest BCUT2D eigenvalue weighted by atomic mass is 32.2. The van der Waals surface area contributed by atoms with Crippen LogP contribution in [0.4, 0.5) is 0 Å². The molecule has 0 radical (unpaired) electrons. The van der Waals surface area contributed by atoms with Gasteiger partial charge in [-0.2, -0.15) is 4.31 Å². The Morgan fingerprint density at radius 1 is 1.20 bits per heavy atom. The van der Waals surface area contributed by atoms with Crippen LogP contribution in [0, 0.1) is 0 Å². The van der Waals surface area contributed by atoms with E-state index in [1.165, 1.54) is 23.8 Å². The van der Waals surface area contributed by atoms with E-state index in [0.717, 1.165) is 16.1 Å². The molecule has 11 heteroatoms. The van der Waals surface area contributed by atoms with Gasteiger partial charge in [0.2, 0.25) is 27.7 Å². The van der Waals surface area contributed by atoms with Crippen LogP contribution in [0.3, 0.4) is 0 Å². The monoisotopic (exact) mass is 456 g/mol. The van der Waals surface area contributed by atoms with Crippen LogP contribution in [0.15, 0.2) is 29.2 Å². The minimum Gasteiger partial charge on any atom is -0.354 e. The third-order valence-electron chi connectivity index (χ3n) is 5.17. The molecule has 1 aliphatic heterocycles. The quantitative estimate of drug-likeness (QED) is 0.518. The number of thioether (sulfide) groups is 1. The summed E-state index contributed by atoms with van der Waals surface area (Å²) in [6, 6.07) is 8.04. The number of piperazine rings is 1. The van der Waals surface area contributed by atoms with Crippen LogP contribution in [0.5, 0.6) is 0 Å². The molecule has 0 bridgehead atoms. The molecule has 30 heavy (non-hydrogen) atoms. The van der Waals surface area contributed by atoms with E-state index in [9.17, 15) is 22.8 Å². The van der Waals surface area contributed by atoms with E-state index in [1.807, 2.05) is 30.5 Å². The van der Waals surface area contributed by atoms with Crippen molar-refractivity contribution in [3.05, 3.63) is 29.8 Å². The van der Waals surface area contributed by atoms with Crippen molar-refractivity contribution in [3.63, 3.8) is 0 Å². The highest BCUT2D eigenvalue weighted by Crippen LogP contribution is 2.22. The zero-order valence-corrected chi connectivity index (χ0v) is 19.2. The van der Waals surface area contributed by atoms with Gasteiger partial charge in [-0.3, -0.25) is 14.4 Å². The fourth-order valence-electron chi connectivity index (χ4n) is 3.05. The van der Waals surface area contributed by atoms with Crippen LogP contribution in [-0.4, -0.2) is 86.6 Å². The summed E-state index contributed by atoms with van der Waals surface area (Å²) < 4.78 is 24.7. The molecule has 1 heterocycles. The Kier molecular flexibility index (Phi) is 7.89. The lowest BCUT2D eigenvalue weighted by Gasteiger charge is -2.44. The van der Waals surface area contributed by atoms with E-state index in [0.29, 0.717) is 13.0 Å². The van der Waals surface area contributed by atoms with Crippen molar-refractivity contribution < 1.29 is 22.8 Å². The Bertz CT molecular complexity index is 904. The molecule has 0 aromatic heterocycles. The molecule has 1 aromatic rings. The van der Waals surface area contributed by atoms with E-state index in [4.69, 9.17) is 0 Å². The van der Waals surface area contributed by atoms with Crippen molar-refractivity contribution >= 4 is 39.5 Å². The molecule has 9 nitrogen and oxygen atoms in total. The molecule has 2 rings (SSSR count). The molecule has 0 saturated carbocycles. The van der Waals surface area contributed by atoms with E-state index in [2.05, 4.69) is 10.6 Å². The molecule has 1 atom stereocenters. The highest BCUT2D eigenvalue weighted by molar-refractivity contribution is 7.98. The van der Waals surface area contributed by atoms with Crippen molar-refractivity contribution in [2.24, 2.45) is 0 Å². The van der Waals surface area contributed by atoms with Crippen molar-refractivity contribution in [1.82, 2.24) is 19.8 Å². The van der Waals surface area contributed by atoms with Crippen molar-refractivity contribution in [1.29, 1.82) is 0 Å². The first-order chi connectivity index (χ1) is 14.0. The lowest BCUT2D eigenvalue weighted by atomic mass is 9.96. The molecular weight excluding hydrogens is 428 g/mol. The molecule has 1 unspecified atom stereocenters. The second-order valence-corrected chi connectivity index (χ2v) is 10.3. The number of sulfonamides is 1. The molecule has 1 saturated heterocycles. The number of carbonyl (C=O) groups is 3. The van der Waals surface area contributed by atoms with Gasteiger partial charge in [-0.15, -0.1) is 11.8 Å². The predicted octanol–water partition coefficient (Wildman–Crippen LogP) is -0.324. The second-order valence-electron chi connectivity index (χ2n) is 7.39. The Morgan fingerprint density at radius 3 is 2.40 bits per heavy atom. The predicted molar refractivity (Wildman–Crippen MR) is 116 cm³/mol. The summed E-state index contributed by atoms with van der Waals surface area (Å²) in [4.78, 5) is 39.4. The summed E-state index contributed by atoms with van der Waals surface area (Å²) in [6.45, 7) is 1.16. The van der Waals surface area contributed by atoms with Gasteiger partial charge in [0, 0.05) is 25.0 Å². The first-order valence-electron chi connectivity index (χ1n) is 9.37. The van der Waals surface area contributed by atoms with Crippen molar-refractivity contribution in [3.8, 4) is 0 Å². The number of likely N-dealkylation sites (N-methyl/N-ethyl adjacent to an activating group) is 1. The van der Waals surface area contributed by atoms with E-state index < -0.39 is 27.4 Å². The molecule has 1 fully saturated rings. The van der Waals surface area contributed by atoms with Crippen LogP contribution in [0.2, 0.25) is 0 Å². The zero-order valence-electron chi connectivity index (χ0n) is 17.6. The second kappa shape index (κ2) is 9.80. The number of nitrogens with one attached hydrogen (secondary N) is 2. The van der Waals surface area contributed by atoms with Gasteiger partial charge in [0.25, 0.3) is 0 Å². The fourth-order valence-corrected chi connectivity index (χ4v) is 4.29. The van der Waals surface area contributed by atoms with Gasteiger partial charge in [-0.05, 0) is 37.3 Å². The minimum atomic E-state index is -3.64. The van der Waals surface area contributed by atoms with Crippen LogP contribution in [0.1, 0.15) is 12.5 Å². The summed E-state index contributed by atoms with van der Waals surface area (Å²) >= 11 is 1.66. The molecule has 166 valence electrons. The van der Waals surface area contributed by atoms with Gasteiger partial charge < -0.3 is 15.5 Å². The molecule has 2 N–H and O–H groups in total. The summed E-state index contributed by atoms with van der Waals surface area (Å²) in [5.41, 5.74) is -0.314. The van der Waals surface area contributed by atoms with Crippen molar-refractivity contribution in [2.45, 2.75) is 23.8 Å². The van der Waals surface area contributed by atoms with Crippen molar-refractivity contribution in [2.75, 3.05) is 45.7 Å². The Labute approximate surface area is 181 Å². The number of nitrogens with zero attached hydrogens (tertiary/aromatic N) is 2. The van der Waals surface area contributed by atoms with Gasteiger partial charge in [0.15, 0.2) is 0 Å². The Hall–Kier alpha value is -2.11. The third-order valence-corrected chi connectivity index (χ3v) is 7.11. The average Bonchev–Trinajstić information content (AvgIpc) is 2.69. The lowest BCUT2D eigenvalue weighted by molar-refractivity contribution is -0.150. The number of benzene rings is 1. The maximum atomic E-state index is 12.7. The van der Waals surface area contributed by atoms with Crippen LogP contribution < -0.4 is 10.6 Å². The lowest BCUT2D eigenvalue weighted by Crippen LogP contribution is -2.68. The smallest absolute Gasteiger partial charge is 0.247 e. The number of amides is 3. The van der Waals surface area contributed by atoms with Crippen LogP contribution >= 0.6 is 11.8 Å². The summed E-state index contributed by atoms with van der Waals surface area (Å²) in [5.74, 6) is -1.44. The third kappa shape index (κ3) is 5.96. The first-order valence-corrected chi connectivity index (χ1v) is 12.4. The van der Waals surface area contributed by atoms with Crippen LogP contribution in [0.25, 0.3) is 0 Å².